The van der Waals surface area contributed by atoms with E-state index < -0.39 is 0 Å². The molecular formula is C18H23N. The van der Waals surface area contributed by atoms with E-state index in [-0.39, 0.29) is 5.41 Å². The minimum Gasteiger partial charge on any atom is -0.309 e. The lowest BCUT2D eigenvalue weighted by molar-refractivity contribution is 0.315. The highest BCUT2D eigenvalue weighted by molar-refractivity contribution is 5.63. The molecule has 0 saturated heterocycles. The Kier molecular flexibility index (Phi) is 4.06. The zero-order valence-electron chi connectivity index (χ0n) is 12.4. The van der Waals surface area contributed by atoms with Crippen LogP contribution in [0.4, 0.5) is 0 Å². The van der Waals surface area contributed by atoms with E-state index in [9.17, 15) is 0 Å². The van der Waals surface area contributed by atoms with Gasteiger partial charge >= 0.3 is 0 Å². The van der Waals surface area contributed by atoms with Crippen LogP contribution in [0.1, 0.15) is 19.4 Å². The van der Waals surface area contributed by atoms with Gasteiger partial charge in [-0.25, -0.2) is 0 Å². The van der Waals surface area contributed by atoms with Crippen molar-refractivity contribution >= 4 is 0 Å². The SMILES string of the molecule is CN(C)CC(C)(C)c1ccc(-c2ccccc2)cc1. The Bertz CT molecular complexity index is 509. The molecule has 0 spiro atoms. The van der Waals surface area contributed by atoms with Crippen LogP contribution < -0.4 is 0 Å². The predicted octanol–water partition coefficient (Wildman–Crippen LogP) is 4.19. The third-order valence-corrected chi connectivity index (χ3v) is 3.49. The lowest BCUT2D eigenvalue weighted by Gasteiger charge is -2.29. The standard InChI is InChI=1S/C18H23N/c1-18(2,14-19(3)4)17-12-10-16(11-13-17)15-8-6-5-7-9-15/h5-13H,14H2,1-4H3. The normalized spacial score (nSPS) is 11.8. The maximum absolute atomic E-state index is 2.30. The summed E-state index contributed by atoms with van der Waals surface area (Å²) in [6.07, 6.45) is 0. The molecule has 0 radical (unpaired) electrons. The van der Waals surface area contributed by atoms with Crippen LogP contribution in [0.3, 0.4) is 0 Å². The Balaban J connectivity index is 2.24. The summed E-state index contributed by atoms with van der Waals surface area (Å²) in [5.41, 5.74) is 4.13. The molecule has 19 heavy (non-hydrogen) atoms. The lowest BCUT2D eigenvalue weighted by Crippen LogP contribution is -2.32. The Labute approximate surface area is 116 Å². The topological polar surface area (TPSA) is 3.24 Å². The van der Waals surface area contributed by atoms with Gasteiger partial charge < -0.3 is 4.90 Å². The Morgan fingerprint density at radius 3 is 1.84 bits per heavy atom. The van der Waals surface area contributed by atoms with E-state index in [4.69, 9.17) is 0 Å². The van der Waals surface area contributed by atoms with Crippen molar-refractivity contribution in [1.82, 2.24) is 4.90 Å². The molecule has 0 aromatic heterocycles. The van der Waals surface area contributed by atoms with Crippen molar-refractivity contribution in [1.29, 1.82) is 0 Å². The summed E-state index contributed by atoms with van der Waals surface area (Å²) in [4.78, 5) is 2.24. The first-order valence-electron chi connectivity index (χ1n) is 6.80. The van der Waals surface area contributed by atoms with Crippen LogP contribution in [0.2, 0.25) is 0 Å². The second-order valence-electron chi connectivity index (χ2n) is 6.07. The molecule has 0 unspecified atom stereocenters. The smallest absolute Gasteiger partial charge is 0.00672 e. The number of hydrogen-bond acceptors (Lipinski definition) is 1. The van der Waals surface area contributed by atoms with Crippen molar-refractivity contribution in [2.24, 2.45) is 0 Å². The predicted molar refractivity (Wildman–Crippen MR) is 83.5 cm³/mol. The van der Waals surface area contributed by atoms with Crippen molar-refractivity contribution in [3.63, 3.8) is 0 Å². The average Bonchev–Trinajstić information content (AvgIpc) is 2.38. The summed E-state index contributed by atoms with van der Waals surface area (Å²) in [6.45, 7) is 5.65. The maximum atomic E-state index is 2.30. The first-order valence-corrected chi connectivity index (χ1v) is 6.80. The fourth-order valence-electron chi connectivity index (χ4n) is 2.63. The number of hydrogen-bond donors (Lipinski definition) is 0. The van der Waals surface area contributed by atoms with Crippen LogP contribution in [-0.2, 0) is 5.41 Å². The van der Waals surface area contributed by atoms with Crippen LogP contribution in [0.15, 0.2) is 54.6 Å². The number of benzene rings is 2. The summed E-state index contributed by atoms with van der Waals surface area (Å²) in [5, 5.41) is 0. The number of nitrogens with zero attached hydrogens (tertiary/aromatic N) is 1. The van der Waals surface area contributed by atoms with Crippen LogP contribution in [0.25, 0.3) is 11.1 Å². The molecule has 0 fully saturated rings. The van der Waals surface area contributed by atoms with Crippen LogP contribution in [0.5, 0.6) is 0 Å². The quantitative estimate of drug-likeness (QED) is 0.789. The molecule has 0 amide bonds. The summed E-state index contributed by atoms with van der Waals surface area (Å²) in [7, 11) is 4.25. The molecule has 2 aromatic rings. The van der Waals surface area contributed by atoms with E-state index in [0.29, 0.717) is 0 Å². The molecule has 0 heterocycles. The highest BCUT2D eigenvalue weighted by Crippen LogP contribution is 2.27. The van der Waals surface area contributed by atoms with Gasteiger partial charge in [0.25, 0.3) is 0 Å². The molecule has 2 rings (SSSR count). The fraction of sp³-hybridized carbons (Fsp3) is 0.333. The van der Waals surface area contributed by atoms with Crippen LogP contribution >= 0.6 is 0 Å². The second kappa shape index (κ2) is 5.58. The van der Waals surface area contributed by atoms with Crippen molar-refractivity contribution in [2.45, 2.75) is 19.3 Å². The minimum absolute atomic E-state index is 0.179. The zero-order valence-corrected chi connectivity index (χ0v) is 12.4. The molecule has 0 N–H and O–H groups in total. The van der Waals surface area contributed by atoms with Crippen molar-refractivity contribution in [2.75, 3.05) is 20.6 Å². The van der Waals surface area contributed by atoms with Gasteiger partial charge in [-0.15, -0.1) is 0 Å². The fourth-order valence-corrected chi connectivity index (χ4v) is 2.63. The Hall–Kier alpha value is -1.60. The first-order chi connectivity index (χ1) is 8.99. The largest absolute Gasteiger partial charge is 0.309 e. The van der Waals surface area contributed by atoms with Gasteiger partial charge in [0.2, 0.25) is 0 Å². The van der Waals surface area contributed by atoms with Gasteiger partial charge in [0.1, 0.15) is 0 Å². The van der Waals surface area contributed by atoms with E-state index >= 15 is 0 Å². The molecule has 0 atom stereocenters. The molecule has 2 aromatic carbocycles. The van der Waals surface area contributed by atoms with E-state index in [0.717, 1.165) is 6.54 Å². The molecule has 100 valence electrons. The molecule has 0 bridgehead atoms. The van der Waals surface area contributed by atoms with Gasteiger partial charge in [-0.1, -0.05) is 68.4 Å². The second-order valence-corrected chi connectivity index (χ2v) is 6.07. The average molecular weight is 253 g/mol. The lowest BCUT2D eigenvalue weighted by atomic mass is 9.83. The minimum atomic E-state index is 0.179. The molecule has 0 aliphatic heterocycles. The van der Waals surface area contributed by atoms with E-state index in [2.05, 4.69) is 87.4 Å². The number of likely N-dealkylation sites (N-methyl/N-ethyl adjacent to an activating group) is 1. The summed E-state index contributed by atoms with van der Waals surface area (Å²) in [6, 6.07) is 19.5. The van der Waals surface area contributed by atoms with E-state index in [1.54, 1.807) is 0 Å². The van der Waals surface area contributed by atoms with Gasteiger partial charge in [0.05, 0.1) is 0 Å². The summed E-state index contributed by atoms with van der Waals surface area (Å²) < 4.78 is 0. The molecule has 0 aliphatic carbocycles. The molecule has 0 aliphatic rings. The van der Waals surface area contributed by atoms with Gasteiger partial charge in [0.15, 0.2) is 0 Å². The van der Waals surface area contributed by atoms with Gasteiger partial charge in [-0.2, -0.15) is 0 Å². The van der Waals surface area contributed by atoms with E-state index in [1.165, 1.54) is 16.7 Å². The molecule has 1 heteroatoms. The summed E-state index contributed by atoms with van der Waals surface area (Å²) in [5.74, 6) is 0. The van der Waals surface area contributed by atoms with Crippen LogP contribution in [0, 0.1) is 0 Å². The highest BCUT2D eigenvalue weighted by atomic mass is 15.1. The van der Waals surface area contributed by atoms with Crippen LogP contribution in [-0.4, -0.2) is 25.5 Å². The molecular weight excluding hydrogens is 230 g/mol. The third-order valence-electron chi connectivity index (χ3n) is 3.49. The van der Waals surface area contributed by atoms with Crippen molar-refractivity contribution in [3.05, 3.63) is 60.2 Å². The van der Waals surface area contributed by atoms with Crippen molar-refractivity contribution in [3.8, 4) is 11.1 Å². The Morgan fingerprint density at radius 2 is 1.32 bits per heavy atom. The first kappa shape index (κ1) is 13.8. The summed E-state index contributed by atoms with van der Waals surface area (Å²) >= 11 is 0. The monoisotopic (exact) mass is 253 g/mol. The van der Waals surface area contributed by atoms with Gasteiger partial charge in [-0.05, 0) is 30.8 Å². The highest BCUT2D eigenvalue weighted by Gasteiger charge is 2.21. The third kappa shape index (κ3) is 3.45. The maximum Gasteiger partial charge on any atom is 0.00672 e. The van der Waals surface area contributed by atoms with E-state index in [1.807, 2.05) is 0 Å². The van der Waals surface area contributed by atoms with Gasteiger partial charge in [0, 0.05) is 12.0 Å². The van der Waals surface area contributed by atoms with Crippen molar-refractivity contribution < 1.29 is 0 Å². The Morgan fingerprint density at radius 1 is 0.789 bits per heavy atom. The number of rotatable bonds is 4. The van der Waals surface area contributed by atoms with Gasteiger partial charge in [-0.3, -0.25) is 0 Å². The molecule has 0 saturated carbocycles. The zero-order chi connectivity index (χ0) is 13.9. The molecule has 1 nitrogen and oxygen atoms in total.